The maximum Gasteiger partial charge on any atom is 0.159 e. The summed E-state index contributed by atoms with van der Waals surface area (Å²) in [5.41, 5.74) is 1.73. The molecule has 0 N–H and O–H groups in total. The molecule has 0 heterocycles. The summed E-state index contributed by atoms with van der Waals surface area (Å²) in [5, 5.41) is 0.681. The first kappa shape index (κ1) is 12.4. The van der Waals surface area contributed by atoms with Crippen molar-refractivity contribution in [3.63, 3.8) is 0 Å². The first-order valence-electron chi connectivity index (χ1n) is 6.17. The molecule has 1 aliphatic carbocycles. The molecule has 1 saturated carbocycles. The molecule has 0 radical (unpaired) electrons. The van der Waals surface area contributed by atoms with Crippen molar-refractivity contribution >= 4 is 23.1 Å². The molecule has 1 aromatic carbocycles. The number of carbonyl (C=O) groups excluding carboxylic acids is 1. The minimum absolute atomic E-state index is 0.0590. The van der Waals surface area contributed by atoms with E-state index in [-0.39, 0.29) is 5.78 Å². The van der Waals surface area contributed by atoms with Crippen molar-refractivity contribution in [3.05, 3.63) is 28.8 Å². The number of anilines is 1. The summed E-state index contributed by atoms with van der Waals surface area (Å²) in [7, 11) is 0. The van der Waals surface area contributed by atoms with Crippen molar-refractivity contribution < 1.29 is 4.79 Å². The van der Waals surface area contributed by atoms with Crippen LogP contribution in [0.2, 0.25) is 5.02 Å². The molecule has 1 aromatic rings. The second-order valence-corrected chi connectivity index (χ2v) is 5.11. The van der Waals surface area contributed by atoms with Gasteiger partial charge < -0.3 is 4.90 Å². The van der Waals surface area contributed by atoms with Crippen LogP contribution in [0.25, 0.3) is 0 Å². The van der Waals surface area contributed by atoms with Gasteiger partial charge in [-0.15, -0.1) is 0 Å². The van der Waals surface area contributed by atoms with Gasteiger partial charge in [-0.25, -0.2) is 0 Å². The molecule has 0 aliphatic heterocycles. The Balaban J connectivity index is 2.20. The molecular formula is C14H18ClNO. The number of benzene rings is 1. The monoisotopic (exact) mass is 251 g/mol. The summed E-state index contributed by atoms with van der Waals surface area (Å²) in [5.74, 6) is 0.891. The minimum Gasteiger partial charge on any atom is -0.370 e. The van der Waals surface area contributed by atoms with E-state index >= 15 is 0 Å². The first-order chi connectivity index (χ1) is 8.11. The quantitative estimate of drug-likeness (QED) is 0.743. The predicted molar refractivity (Wildman–Crippen MR) is 72.1 cm³/mol. The highest BCUT2D eigenvalue weighted by atomic mass is 35.5. The molecule has 92 valence electrons. The Labute approximate surface area is 108 Å². The SMILES string of the molecule is CCN(CC1CC1)c1ccc(C(C)=O)cc1Cl. The number of nitrogens with zero attached hydrogens (tertiary/aromatic N) is 1. The van der Waals surface area contributed by atoms with Gasteiger partial charge in [-0.2, -0.15) is 0 Å². The Kier molecular flexibility index (Phi) is 3.72. The molecule has 0 aromatic heterocycles. The molecule has 0 unspecified atom stereocenters. The average molecular weight is 252 g/mol. The van der Waals surface area contributed by atoms with Gasteiger partial charge in [-0.05, 0) is 50.8 Å². The summed E-state index contributed by atoms with van der Waals surface area (Å²) < 4.78 is 0. The van der Waals surface area contributed by atoms with Crippen molar-refractivity contribution in [2.75, 3.05) is 18.0 Å². The van der Waals surface area contributed by atoms with Crippen molar-refractivity contribution in [1.82, 2.24) is 0 Å². The summed E-state index contributed by atoms with van der Waals surface area (Å²) in [6.07, 6.45) is 2.67. The molecule has 0 bridgehead atoms. The topological polar surface area (TPSA) is 20.3 Å². The van der Waals surface area contributed by atoms with Gasteiger partial charge in [0.2, 0.25) is 0 Å². The van der Waals surface area contributed by atoms with E-state index in [2.05, 4.69) is 11.8 Å². The maximum absolute atomic E-state index is 11.3. The van der Waals surface area contributed by atoms with Gasteiger partial charge >= 0.3 is 0 Å². The standard InChI is InChI=1S/C14H18ClNO/c1-3-16(9-11-4-5-11)14-7-6-12(10(2)17)8-13(14)15/h6-8,11H,3-5,9H2,1-2H3. The number of carbonyl (C=O) groups is 1. The molecule has 2 rings (SSSR count). The van der Waals surface area contributed by atoms with Crippen LogP contribution in [0.5, 0.6) is 0 Å². The Morgan fingerprint density at radius 1 is 1.47 bits per heavy atom. The zero-order valence-electron chi connectivity index (χ0n) is 10.4. The van der Waals surface area contributed by atoms with Gasteiger partial charge in [0.05, 0.1) is 10.7 Å². The van der Waals surface area contributed by atoms with Crippen molar-refractivity contribution in [2.45, 2.75) is 26.7 Å². The largest absolute Gasteiger partial charge is 0.370 e. The van der Waals surface area contributed by atoms with Gasteiger partial charge in [0, 0.05) is 18.7 Å². The van der Waals surface area contributed by atoms with Gasteiger partial charge in [0.25, 0.3) is 0 Å². The molecule has 0 saturated heterocycles. The number of hydrogen-bond acceptors (Lipinski definition) is 2. The highest BCUT2D eigenvalue weighted by Crippen LogP contribution is 2.34. The van der Waals surface area contributed by atoms with Crippen molar-refractivity contribution in [3.8, 4) is 0 Å². The normalized spacial score (nSPS) is 14.8. The van der Waals surface area contributed by atoms with Crippen LogP contribution in [0.1, 0.15) is 37.0 Å². The lowest BCUT2D eigenvalue weighted by Gasteiger charge is -2.24. The van der Waals surface area contributed by atoms with Gasteiger partial charge in [0.1, 0.15) is 0 Å². The van der Waals surface area contributed by atoms with Crippen LogP contribution < -0.4 is 4.90 Å². The van der Waals surface area contributed by atoms with Gasteiger partial charge in [0.15, 0.2) is 5.78 Å². The Morgan fingerprint density at radius 2 is 2.18 bits per heavy atom. The first-order valence-corrected chi connectivity index (χ1v) is 6.55. The summed E-state index contributed by atoms with van der Waals surface area (Å²) in [6.45, 7) is 5.73. The van der Waals surface area contributed by atoms with E-state index in [1.165, 1.54) is 12.8 Å². The van der Waals surface area contributed by atoms with Crippen LogP contribution in [0.4, 0.5) is 5.69 Å². The number of halogens is 1. The molecule has 0 amide bonds. The fourth-order valence-electron chi connectivity index (χ4n) is 1.99. The molecule has 17 heavy (non-hydrogen) atoms. The lowest BCUT2D eigenvalue weighted by atomic mass is 10.1. The van der Waals surface area contributed by atoms with E-state index in [4.69, 9.17) is 11.6 Å². The smallest absolute Gasteiger partial charge is 0.159 e. The van der Waals surface area contributed by atoms with E-state index in [1.807, 2.05) is 12.1 Å². The lowest BCUT2D eigenvalue weighted by molar-refractivity contribution is 0.101. The van der Waals surface area contributed by atoms with Crippen LogP contribution in [0.15, 0.2) is 18.2 Å². The van der Waals surface area contributed by atoms with Gasteiger partial charge in [-0.3, -0.25) is 4.79 Å². The zero-order valence-corrected chi connectivity index (χ0v) is 11.1. The molecule has 3 heteroatoms. The molecule has 0 atom stereocenters. The second-order valence-electron chi connectivity index (χ2n) is 4.70. The van der Waals surface area contributed by atoms with Crippen LogP contribution in [-0.4, -0.2) is 18.9 Å². The van der Waals surface area contributed by atoms with Crippen LogP contribution in [0, 0.1) is 5.92 Å². The second kappa shape index (κ2) is 5.09. The highest BCUT2D eigenvalue weighted by molar-refractivity contribution is 6.33. The van der Waals surface area contributed by atoms with E-state index in [9.17, 15) is 4.79 Å². The third-order valence-electron chi connectivity index (χ3n) is 3.25. The molecule has 2 nitrogen and oxygen atoms in total. The van der Waals surface area contributed by atoms with Crippen LogP contribution >= 0.6 is 11.6 Å². The number of rotatable bonds is 5. The summed E-state index contributed by atoms with van der Waals surface area (Å²) >= 11 is 6.26. The third-order valence-corrected chi connectivity index (χ3v) is 3.55. The fourth-order valence-corrected chi connectivity index (χ4v) is 2.29. The maximum atomic E-state index is 11.3. The van der Waals surface area contributed by atoms with E-state index in [1.54, 1.807) is 13.0 Å². The number of Topliss-reactive ketones (excluding diaryl/α,β-unsaturated/α-hetero) is 1. The molecular weight excluding hydrogens is 234 g/mol. The lowest BCUT2D eigenvalue weighted by Crippen LogP contribution is -2.25. The van der Waals surface area contributed by atoms with Crippen LogP contribution in [-0.2, 0) is 0 Å². The third kappa shape index (κ3) is 3.01. The number of ketones is 1. The van der Waals surface area contributed by atoms with Crippen molar-refractivity contribution in [2.24, 2.45) is 5.92 Å². The highest BCUT2D eigenvalue weighted by Gasteiger charge is 2.24. The van der Waals surface area contributed by atoms with Crippen LogP contribution in [0.3, 0.4) is 0 Å². The molecule has 0 spiro atoms. The van der Waals surface area contributed by atoms with E-state index in [0.717, 1.165) is 24.7 Å². The van der Waals surface area contributed by atoms with E-state index < -0.39 is 0 Å². The summed E-state index contributed by atoms with van der Waals surface area (Å²) in [4.78, 5) is 13.6. The van der Waals surface area contributed by atoms with Gasteiger partial charge in [-0.1, -0.05) is 11.6 Å². The Hall–Kier alpha value is -1.02. The van der Waals surface area contributed by atoms with Crippen molar-refractivity contribution in [1.29, 1.82) is 0 Å². The number of hydrogen-bond donors (Lipinski definition) is 0. The predicted octanol–water partition coefficient (Wildman–Crippen LogP) is 3.78. The Morgan fingerprint density at radius 3 is 2.65 bits per heavy atom. The minimum atomic E-state index is 0.0590. The Bertz CT molecular complexity index is 426. The van der Waals surface area contributed by atoms with E-state index in [0.29, 0.717) is 10.6 Å². The fraction of sp³-hybridized carbons (Fsp3) is 0.500. The zero-order chi connectivity index (χ0) is 12.4. The average Bonchev–Trinajstić information content (AvgIpc) is 3.10. The molecule has 1 aliphatic rings. The molecule has 1 fully saturated rings. The summed E-state index contributed by atoms with van der Waals surface area (Å²) in [6, 6.07) is 5.60.